The number of ether oxygens (including phenoxy) is 5. The van der Waals surface area contributed by atoms with Crippen LogP contribution in [0.4, 0.5) is 0 Å². The molecule has 3 heterocycles. The highest BCUT2D eigenvalue weighted by Gasteiger charge is 2.45. The van der Waals surface area contributed by atoms with Crippen LogP contribution in [0, 0.1) is 0 Å². The number of hydrogen-bond donors (Lipinski definition) is 0. The minimum Gasteiger partial charge on any atom is -0.493 e. The molecule has 0 spiro atoms. The molecule has 0 radical (unpaired) electrons. The van der Waals surface area contributed by atoms with Gasteiger partial charge >= 0.3 is 0 Å². The molecule has 0 fully saturated rings. The molecule has 2 aromatic carbocycles. The fourth-order valence-corrected chi connectivity index (χ4v) is 4.34. The van der Waals surface area contributed by atoms with Crippen molar-refractivity contribution in [2.45, 2.75) is 31.5 Å². The van der Waals surface area contributed by atoms with E-state index >= 15 is 0 Å². The van der Waals surface area contributed by atoms with Crippen LogP contribution in [0.1, 0.15) is 34.3 Å². The minimum atomic E-state index is -0.455. The molecule has 0 saturated heterocycles. The summed E-state index contributed by atoms with van der Waals surface area (Å²) >= 11 is 0. The first-order valence-corrected chi connectivity index (χ1v) is 9.59. The van der Waals surface area contributed by atoms with Crippen LogP contribution in [-0.4, -0.2) is 38.8 Å². The van der Waals surface area contributed by atoms with Crippen molar-refractivity contribution in [3.05, 3.63) is 53.1 Å². The van der Waals surface area contributed by atoms with E-state index < -0.39 is 12.0 Å². The summed E-state index contributed by atoms with van der Waals surface area (Å²) in [6, 6.07) is 7.23. The number of carbonyl (C=O) groups excluding carboxylic acids is 1. The molecule has 6 heteroatoms. The highest BCUT2D eigenvalue weighted by Crippen LogP contribution is 2.49. The number of hydrogen-bond acceptors (Lipinski definition) is 6. The molecule has 2 unspecified atom stereocenters. The van der Waals surface area contributed by atoms with Gasteiger partial charge in [-0.2, -0.15) is 0 Å². The van der Waals surface area contributed by atoms with E-state index in [9.17, 15) is 4.79 Å². The third kappa shape index (κ3) is 2.58. The molecule has 150 valence electrons. The molecule has 29 heavy (non-hydrogen) atoms. The van der Waals surface area contributed by atoms with Gasteiger partial charge in [-0.05, 0) is 30.7 Å². The van der Waals surface area contributed by atoms with Crippen LogP contribution in [-0.2, 0) is 6.42 Å². The maximum absolute atomic E-state index is 13.5. The van der Waals surface area contributed by atoms with E-state index in [1.54, 1.807) is 26.4 Å². The van der Waals surface area contributed by atoms with Crippen molar-refractivity contribution >= 4 is 5.78 Å². The van der Waals surface area contributed by atoms with E-state index in [2.05, 4.69) is 6.58 Å². The Balaban J connectivity index is 1.58. The Morgan fingerprint density at radius 1 is 1.10 bits per heavy atom. The fourth-order valence-electron chi connectivity index (χ4n) is 4.34. The lowest BCUT2D eigenvalue weighted by Crippen LogP contribution is -2.43. The number of rotatable bonds is 3. The Bertz CT molecular complexity index is 1040. The minimum absolute atomic E-state index is 0.0228. The molecular formula is C23H22O6. The van der Waals surface area contributed by atoms with Gasteiger partial charge in [0.15, 0.2) is 17.3 Å². The normalized spacial score (nSPS) is 23.4. The monoisotopic (exact) mass is 394 g/mol. The van der Waals surface area contributed by atoms with Crippen LogP contribution in [0.15, 0.2) is 36.4 Å². The topological polar surface area (TPSA) is 63.2 Å². The Kier molecular flexibility index (Phi) is 3.98. The second-order valence-corrected chi connectivity index (χ2v) is 7.63. The summed E-state index contributed by atoms with van der Waals surface area (Å²) < 4.78 is 29.0. The molecule has 6 nitrogen and oxygen atoms in total. The van der Waals surface area contributed by atoms with Gasteiger partial charge in [0, 0.05) is 23.6 Å². The van der Waals surface area contributed by atoms with Gasteiger partial charge in [0.25, 0.3) is 0 Å². The molecule has 3 aliphatic heterocycles. The van der Waals surface area contributed by atoms with Crippen molar-refractivity contribution in [1.29, 1.82) is 0 Å². The van der Waals surface area contributed by atoms with E-state index in [-0.39, 0.29) is 18.5 Å². The van der Waals surface area contributed by atoms with E-state index in [1.165, 1.54) is 0 Å². The first kappa shape index (κ1) is 17.9. The van der Waals surface area contributed by atoms with Gasteiger partial charge in [0.05, 0.1) is 25.7 Å². The lowest BCUT2D eigenvalue weighted by atomic mass is 9.81. The predicted octanol–water partition coefficient (Wildman–Crippen LogP) is 3.70. The summed E-state index contributed by atoms with van der Waals surface area (Å²) in [6.07, 6.45) is 0.157. The van der Waals surface area contributed by atoms with Crippen molar-refractivity contribution in [2.24, 2.45) is 0 Å². The molecule has 0 bridgehead atoms. The van der Waals surface area contributed by atoms with Crippen molar-refractivity contribution in [2.75, 3.05) is 20.8 Å². The summed E-state index contributed by atoms with van der Waals surface area (Å²) in [4.78, 5) is 13.5. The fraction of sp³-hybridized carbons (Fsp3) is 0.348. The quantitative estimate of drug-likeness (QED) is 0.740. The van der Waals surface area contributed by atoms with Gasteiger partial charge in [0.1, 0.15) is 36.1 Å². The number of Topliss-reactive ketones (excluding diaryl/α,β-unsaturated/α-hetero) is 1. The molecule has 0 N–H and O–H groups in total. The molecule has 0 amide bonds. The summed E-state index contributed by atoms with van der Waals surface area (Å²) in [5.74, 6) is 2.68. The molecule has 0 saturated carbocycles. The highest BCUT2D eigenvalue weighted by molar-refractivity contribution is 6.06. The Morgan fingerprint density at radius 2 is 1.86 bits per heavy atom. The molecule has 3 atom stereocenters. The van der Waals surface area contributed by atoms with Crippen molar-refractivity contribution in [3.63, 3.8) is 0 Å². The molecule has 5 rings (SSSR count). The van der Waals surface area contributed by atoms with E-state index in [1.807, 2.05) is 19.1 Å². The maximum atomic E-state index is 13.5. The molecule has 3 aliphatic rings. The number of fused-ring (bicyclic) bond motifs is 6. The smallest absolute Gasteiger partial charge is 0.178 e. The van der Waals surface area contributed by atoms with Crippen LogP contribution >= 0.6 is 0 Å². The van der Waals surface area contributed by atoms with E-state index in [4.69, 9.17) is 23.7 Å². The average Bonchev–Trinajstić information content (AvgIpc) is 3.17. The standard InChI is InChI=1S/C23H22O6/c1-11(2)16-8-14-15(28-16)6-5-12-22(24)21-13-7-18(25-3)19(26-4)9-17(13)27-10-20(21)29-23(12)14/h5-7,9,16,20-21H,1,8,10H2,2-4H3/t16-,20?,21?/m1/s1. The van der Waals surface area contributed by atoms with Gasteiger partial charge in [-0.1, -0.05) is 6.58 Å². The van der Waals surface area contributed by atoms with Gasteiger partial charge in [-0.25, -0.2) is 0 Å². The van der Waals surface area contributed by atoms with Crippen LogP contribution in [0.2, 0.25) is 0 Å². The second-order valence-electron chi connectivity index (χ2n) is 7.63. The van der Waals surface area contributed by atoms with Gasteiger partial charge in [-0.15, -0.1) is 0 Å². The maximum Gasteiger partial charge on any atom is 0.178 e. The Morgan fingerprint density at radius 3 is 2.59 bits per heavy atom. The zero-order valence-corrected chi connectivity index (χ0v) is 16.6. The summed E-state index contributed by atoms with van der Waals surface area (Å²) in [5, 5.41) is 0. The Labute approximate surface area is 169 Å². The average molecular weight is 394 g/mol. The van der Waals surface area contributed by atoms with Crippen LogP contribution < -0.4 is 23.7 Å². The van der Waals surface area contributed by atoms with Crippen molar-refractivity contribution < 1.29 is 28.5 Å². The highest BCUT2D eigenvalue weighted by atomic mass is 16.5. The van der Waals surface area contributed by atoms with Gasteiger partial charge in [-0.3, -0.25) is 4.79 Å². The number of ketones is 1. The largest absolute Gasteiger partial charge is 0.493 e. The van der Waals surface area contributed by atoms with Crippen LogP contribution in [0.3, 0.4) is 0 Å². The lowest BCUT2D eigenvalue weighted by Gasteiger charge is -2.37. The summed E-state index contributed by atoms with van der Waals surface area (Å²) in [7, 11) is 3.14. The van der Waals surface area contributed by atoms with E-state index in [0.717, 1.165) is 22.4 Å². The van der Waals surface area contributed by atoms with Gasteiger partial charge < -0.3 is 23.7 Å². The zero-order chi connectivity index (χ0) is 20.3. The third-order valence-corrected chi connectivity index (χ3v) is 5.87. The molecule has 0 aliphatic carbocycles. The first-order chi connectivity index (χ1) is 14.0. The van der Waals surface area contributed by atoms with Crippen molar-refractivity contribution in [1.82, 2.24) is 0 Å². The number of carbonyl (C=O) groups is 1. The van der Waals surface area contributed by atoms with E-state index in [0.29, 0.717) is 35.0 Å². The lowest BCUT2D eigenvalue weighted by molar-refractivity contribution is 0.0554. The molecule has 0 aromatic heterocycles. The second kappa shape index (κ2) is 6.44. The summed E-state index contributed by atoms with van der Waals surface area (Å²) in [5.41, 5.74) is 3.22. The first-order valence-electron chi connectivity index (χ1n) is 9.59. The van der Waals surface area contributed by atoms with Crippen LogP contribution in [0.25, 0.3) is 0 Å². The third-order valence-electron chi connectivity index (χ3n) is 5.87. The predicted molar refractivity (Wildman–Crippen MR) is 106 cm³/mol. The SMILES string of the molecule is C=C(C)[C@H]1Cc2c(ccc3c2OC2COc4cc(OC)c(OC)cc4C2C3=O)O1. The molecule has 2 aromatic rings. The van der Waals surface area contributed by atoms with Crippen LogP contribution in [0.5, 0.6) is 28.7 Å². The number of methoxy groups -OCH3 is 2. The number of benzene rings is 2. The van der Waals surface area contributed by atoms with Gasteiger partial charge in [0.2, 0.25) is 0 Å². The molecular weight excluding hydrogens is 372 g/mol. The Hall–Kier alpha value is -3.15. The zero-order valence-electron chi connectivity index (χ0n) is 16.6. The summed E-state index contributed by atoms with van der Waals surface area (Å²) in [6.45, 7) is 6.22. The van der Waals surface area contributed by atoms with Crippen molar-refractivity contribution in [3.8, 4) is 28.7 Å².